The number of nitrogen functional groups attached to an aromatic ring is 2. The number of pyridine rings is 1. The summed E-state index contributed by atoms with van der Waals surface area (Å²) < 4.78 is 0. The lowest BCUT2D eigenvalue weighted by Gasteiger charge is -2.14. The lowest BCUT2D eigenvalue weighted by atomic mass is 10.1. The zero-order chi connectivity index (χ0) is 24.8. The molecule has 178 valence electrons. The van der Waals surface area contributed by atoms with Crippen molar-refractivity contribution in [2.75, 3.05) is 16.8 Å². The molecule has 1 atom stereocenters. The number of carboxylic acid groups (broad SMARTS) is 2. The third kappa shape index (κ3) is 5.85. The molecule has 3 aromatic rings. The van der Waals surface area contributed by atoms with Crippen LogP contribution in [-0.2, 0) is 22.6 Å². The summed E-state index contributed by atoms with van der Waals surface area (Å²) in [6.45, 7) is 2.40. The van der Waals surface area contributed by atoms with E-state index in [1.165, 1.54) is 0 Å². The van der Waals surface area contributed by atoms with Crippen LogP contribution in [0.5, 0.6) is 0 Å². The number of amides is 1. The van der Waals surface area contributed by atoms with Crippen LogP contribution in [0, 0.1) is 0 Å². The van der Waals surface area contributed by atoms with Gasteiger partial charge in [-0.2, -0.15) is 9.97 Å². The quantitative estimate of drug-likeness (QED) is 0.251. The molecule has 0 unspecified atom stereocenters. The number of nitrogens with zero attached hydrogens (tertiary/aromatic N) is 3. The van der Waals surface area contributed by atoms with E-state index < -0.39 is 23.9 Å². The van der Waals surface area contributed by atoms with Gasteiger partial charge in [0, 0.05) is 29.9 Å². The summed E-state index contributed by atoms with van der Waals surface area (Å²) >= 11 is 0. The van der Waals surface area contributed by atoms with Gasteiger partial charge in [-0.1, -0.05) is 6.92 Å². The number of rotatable bonds is 10. The fourth-order valence-electron chi connectivity index (χ4n) is 3.34. The standard InChI is InChI=1S/C22H25N7O5/c1-2-15-12(9-14-18(23)28-22(24)29-19(14)26-15)10-25-13-5-3-11(4-6-13)20(32)27-16(21(33)34)7-8-17(30)31/h3-6,9,16,25H,2,7-8,10H2,1H3,(H,27,32)(H,30,31)(H,33,34)(H4,23,24,26,28,29)/t16-/m0/s1. The normalized spacial score (nSPS) is 11.7. The Hall–Kier alpha value is -4.48. The molecule has 0 spiro atoms. The van der Waals surface area contributed by atoms with Crippen molar-refractivity contribution in [3.63, 3.8) is 0 Å². The number of nitrogens with two attached hydrogens (primary N) is 2. The van der Waals surface area contributed by atoms with Crippen LogP contribution in [0.25, 0.3) is 11.0 Å². The number of carbonyl (C=O) groups is 3. The second kappa shape index (κ2) is 10.4. The van der Waals surface area contributed by atoms with Crippen molar-refractivity contribution in [1.29, 1.82) is 0 Å². The van der Waals surface area contributed by atoms with E-state index >= 15 is 0 Å². The first kappa shape index (κ1) is 24.2. The first-order valence-corrected chi connectivity index (χ1v) is 10.5. The molecule has 8 N–H and O–H groups in total. The van der Waals surface area contributed by atoms with Gasteiger partial charge in [0.1, 0.15) is 11.9 Å². The first-order valence-electron chi connectivity index (χ1n) is 10.5. The van der Waals surface area contributed by atoms with Crippen LogP contribution in [0.1, 0.15) is 41.4 Å². The summed E-state index contributed by atoms with van der Waals surface area (Å²) in [5.41, 5.74) is 14.8. The SMILES string of the molecule is CCc1nc2nc(N)nc(N)c2cc1CNc1ccc(C(=O)N[C@@H](CCC(=O)O)C(=O)O)cc1. The lowest BCUT2D eigenvalue weighted by molar-refractivity contribution is -0.140. The Balaban J connectivity index is 1.69. The first-order chi connectivity index (χ1) is 16.2. The predicted octanol–water partition coefficient (Wildman–Crippen LogP) is 1.41. The number of aryl methyl sites for hydroxylation is 1. The summed E-state index contributed by atoms with van der Waals surface area (Å²) in [5.74, 6) is -2.73. The van der Waals surface area contributed by atoms with Gasteiger partial charge in [0.2, 0.25) is 5.95 Å². The molecule has 0 fully saturated rings. The molecule has 0 aliphatic carbocycles. The van der Waals surface area contributed by atoms with Gasteiger partial charge in [0.25, 0.3) is 5.91 Å². The number of hydrogen-bond donors (Lipinski definition) is 6. The van der Waals surface area contributed by atoms with Gasteiger partial charge in [-0.3, -0.25) is 9.59 Å². The number of nitrogens with one attached hydrogen (secondary N) is 2. The minimum Gasteiger partial charge on any atom is -0.481 e. The number of anilines is 3. The molecule has 3 rings (SSSR count). The largest absolute Gasteiger partial charge is 0.481 e. The van der Waals surface area contributed by atoms with Crippen LogP contribution in [0.3, 0.4) is 0 Å². The fourth-order valence-corrected chi connectivity index (χ4v) is 3.34. The molecule has 0 bridgehead atoms. The molecule has 2 heterocycles. The molecular weight excluding hydrogens is 442 g/mol. The molecule has 1 amide bonds. The Morgan fingerprint density at radius 1 is 1.06 bits per heavy atom. The summed E-state index contributed by atoms with van der Waals surface area (Å²) in [5, 5.41) is 24.1. The van der Waals surface area contributed by atoms with Crippen LogP contribution in [0.4, 0.5) is 17.5 Å². The molecule has 0 saturated heterocycles. The minimum absolute atomic E-state index is 0.0612. The van der Waals surface area contributed by atoms with Crippen molar-refractivity contribution in [1.82, 2.24) is 20.3 Å². The highest BCUT2D eigenvalue weighted by atomic mass is 16.4. The molecule has 34 heavy (non-hydrogen) atoms. The van der Waals surface area contributed by atoms with Gasteiger partial charge in [-0.15, -0.1) is 0 Å². The third-order valence-corrected chi connectivity index (χ3v) is 5.12. The number of aromatic nitrogens is 3. The Morgan fingerprint density at radius 3 is 2.38 bits per heavy atom. The highest BCUT2D eigenvalue weighted by Crippen LogP contribution is 2.22. The molecule has 0 aliphatic heterocycles. The fraction of sp³-hybridized carbons (Fsp3) is 0.273. The second-order valence-electron chi connectivity index (χ2n) is 7.51. The van der Waals surface area contributed by atoms with Crippen molar-refractivity contribution in [3.8, 4) is 0 Å². The average Bonchev–Trinajstić information content (AvgIpc) is 2.79. The van der Waals surface area contributed by atoms with E-state index in [9.17, 15) is 19.5 Å². The van der Waals surface area contributed by atoms with E-state index in [2.05, 4.69) is 25.6 Å². The lowest BCUT2D eigenvalue weighted by Crippen LogP contribution is -2.41. The van der Waals surface area contributed by atoms with Gasteiger partial charge in [-0.25, -0.2) is 9.78 Å². The Kier molecular flexibility index (Phi) is 7.41. The van der Waals surface area contributed by atoms with Crippen LogP contribution >= 0.6 is 0 Å². The Morgan fingerprint density at radius 2 is 1.76 bits per heavy atom. The summed E-state index contributed by atoms with van der Waals surface area (Å²) in [7, 11) is 0. The summed E-state index contributed by atoms with van der Waals surface area (Å²) in [6.07, 6.45) is 0.0921. The van der Waals surface area contributed by atoms with Crippen LogP contribution < -0.4 is 22.1 Å². The van der Waals surface area contributed by atoms with Crippen molar-refractivity contribution in [2.24, 2.45) is 0 Å². The van der Waals surface area contributed by atoms with Crippen LogP contribution in [-0.4, -0.2) is 49.1 Å². The summed E-state index contributed by atoms with van der Waals surface area (Å²) in [6, 6.07) is 7.03. The Bertz CT molecular complexity index is 1230. The van der Waals surface area contributed by atoms with Gasteiger partial charge in [-0.05, 0) is 48.7 Å². The number of fused-ring (bicyclic) bond motifs is 1. The smallest absolute Gasteiger partial charge is 0.326 e. The van der Waals surface area contributed by atoms with Crippen LogP contribution in [0.2, 0.25) is 0 Å². The maximum absolute atomic E-state index is 12.4. The van der Waals surface area contributed by atoms with Gasteiger partial charge in [0.15, 0.2) is 5.65 Å². The third-order valence-electron chi connectivity index (χ3n) is 5.12. The molecule has 2 aromatic heterocycles. The minimum atomic E-state index is -1.29. The monoisotopic (exact) mass is 467 g/mol. The van der Waals surface area contributed by atoms with E-state index in [-0.39, 0.29) is 30.2 Å². The van der Waals surface area contributed by atoms with E-state index in [0.29, 0.717) is 24.0 Å². The van der Waals surface area contributed by atoms with E-state index in [1.54, 1.807) is 24.3 Å². The maximum atomic E-state index is 12.4. The number of carboxylic acids is 2. The zero-order valence-corrected chi connectivity index (χ0v) is 18.4. The number of carbonyl (C=O) groups excluding carboxylic acids is 1. The van der Waals surface area contributed by atoms with Gasteiger partial charge >= 0.3 is 11.9 Å². The molecule has 0 saturated carbocycles. The maximum Gasteiger partial charge on any atom is 0.326 e. The van der Waals surface area contributed by atoms with Gasteiger partial charge < -0.3 is 32.3 Å². The summed E-state index contributed by atoms with van der Waals surface area (Å²) in [4.78, 5) is 47.0. The number of benzene rings is 1. The van der Waals surface area contributed by atoms with E-state index in [0.717, 1.165) is 16.9 Å². The number of hydrogen-bond acceptors (Lipinski definition) is 9. The van der Waals surface area contributed by atoms with Gasteiger partial charge in [0.05, 0.1) is 5.39 Å². The van der Waals surface area contributed by atoms with E-state index in [1.807, 2.05) is 13.0 Å². The molecule has 12 nitrogen and oxygen atoms in total. The molecule has 0 aliphatic rings. The number of aliphatic carboxylic acids is 2. The van der Waals surface area contributed by atoms with Crippen molar-refractivity contribution < 1.29 is 24.6 Å². The van der Waals surface area contributed by atoms with Crippen molar-refractivity contribution in [3.05, 3.63) is 47.2 Å². The second-order valence-corrected chi connectivity index (χ2v) is 7.51. The molecular formula is C22H25N7O5. The molecule has 12 heteroatoms. The Labute approximate surface area is 194 Å². The topological polar surface area (TPSA) is 206 Å². The molecule has 0 radical (unpaired) electrons. The van der Waals surface area contributed by atoms with E-state index in [4.69, 9.17) is 16.6 Å². The van der Waals surface area contributed by atoms with Crippen molar-refractivity contribution >= 4 is 46.3 Å². The zero-order valence-electron chi connectivity index (χ0n) is 18.4. The highest BCUT2D eigenvalue weighted by Gasteiger charge is 2.21. The van der Waals surface area contributed by atoms with Crippen molar-refractivity contribution in [2.45, 2.75) is 38.8 Å². The predicted molar refractivity (Wildman–Crippen MR) is 125 cm³/mol. The molecule has 1 aromatic carbocycles. The van der Waals surface area contributed by atoms with Crippen LogP contribution in [0.15, 0.2) is 30.3 Å². The highest BCUT2D eigenvalue weighted by molar-refractivity contribution is 5.97. The average molecular weight is 467 g/mol.